The minimum Gasteiger partial charge on any atom is -0.375 e. The molecule has 2 N–H and O–H groups in total. The highest BCUT2D eigenvalue weighted by atomic mass is 19.4. The van der Waals surface area contributed by atoms with Crippen LogP contribution in [0.15, 0.2) is 79.1 Å². The lowest BCUT2D eigenvalue weighted by molar-refractivity contribution is -0.384. The monoisotopic (exact) mass is 456 g/mol. The average molecular weight is 456 g/mol. The number of alkyl halides is 3. The highest BCUT2D eigenvalue weighted by Crippen LogP contribution is 2.43. The van der Waals surface area contributed by atoms with Crippen molar-refractivity contribution in [2.24, 2.45) is 0 Å². The summed E-state index contributed by atoms with van der Waals surface area (Å²) in [5.41, 5.74) is -2.94. The number of rotatable bonds is 7. The molecular weight excluding hydrogens is 437 g/mol. The maximum absolute atomic E-state index is 14.2. The van der Waals surface area contributed by atoms with Gasteiger partial charge < -0.3 is 15.0 Å². The molecule has 1 unspecified atom stereocenters. The van der Waals surface area contributed by atoms with E-state index in [1.54, 1.807) is 42.5 Å². The number of hydrogen-bond acceptors (Lipinski definition) is 5. The Morgan fingerprint density at radius 1 is 1.06 bits per heavy atom. The van der Waals surface area contributed by atoms with E-state index in [9.17, 15) is 28.4 Å². The lowest BCUT2D eigenvalue weighted by Crippen LogP contribution is -2.47. The van der Waals surface area contributed by atoms with Crippen molar-refractivity contribution in [2.75, 3.05) is 11.9 Å². The minimum absolute atomic E-state index is 0.0687. The van der Waals surface area contributed by atoms with Crippen molar-refractivity contribution in [3.63, 3.8) is 0 Å². The largest absolute Gasteiger partial charge is 0.423 e. The van der Waals surface area contributed by atoms with Crippen LogP contribution in [0.3, 0.4) is 0 Å². The van der Waals surface area contributed by atoms with Crippen molar-refractivity contribution in [1.82, 2.24) is 9.55 Å². The molecule has 0 bridgehead atoms. The van der Waals surface area contributed by atoms with Crippen LogP contribution in [0.4, 0.5) is 24.7 Å². The second kappa shape index (κ2) is 8.55. The summed E-state index contributed by atoms with van der Waals surface area (Å²) in [6.07, 6.45) is -2.42. The number of nitrogens with zero attached hydrogens (tertiary/aromatic N) is 3. The summed E-state index contributed by atoms with van der Waals surface area (Å²) in [5.74, 6) is 0.170. The first-order chi connectivity index (χ1) is 15.7. The first-order valence-corrected chi connectivity index (χ1v) is 9.95. The Morgan fingerprint density at radius 3 is 2.42 bits per heavy atom. The Balaban J connectivity index is 1.85. The zero-order valence-corrected chi connectivity index (χ0v) is 17.2. The number of nitro benzene ring substituents is 1. The Bertz CT molecular complexity index is 1280. The zero-order valence-electron chi connectivity index (χ0n) is 17.2. The molecular formula is C23H19F3N4O3. The molecule has 0 saturated carbocycles. The summed E-state index contributed by atoms with van der Waals surface area (Å²) in [6.45, 7) is -0.727. The molecule has 2 heterocycles. The Labute approximate surface area is 186 Å². The number of hydrogen-bond donors (Lipinski definition) is 2. The lowest BCUT2D eigenvalue weighted by atomic mass is 9.92. The van der Waals surface area contributed by atoms with Crippen molar-refractivity contribution in [1.29, 1.82) is 0 Å². The summed E-state index contributed by atoms with van der Waals surface area (Å²) < 4.78 is 44.2. The third-order valence-corrected chi connectivity index (χ3v) is 5.38. The van der Waals surface area contributed by atoms with Gasteiger partial charge >= 0.3 is 6.18 Å². The quantitative estimate of drug-likeness (QED) is 0.306. The van der Waals surface area contributed by atoms with Crippen LogP contribution in [0.2, 0.25) is 0 Å². The number of pyridine rings is 1. The molecule has 0 aliphatic rings. The smallest absolute Gasteiger partial charge is 0.375 e. The molecule has 0 spiro atoms. The van der Waals surface area contributed by atoms with Gasteiger partial charge in [0.25, 0.3) is 5.69 Å². The molecule has 0 saturated heterocycles. The minimum atomic E-state index is -5.04. The number of nitro groups is 1. The third kappa shape index (κ3) is 4.37. The van der Waals surface area contributed by atoms with E-state index in [2.05, 4.69) is 10.3 Å². The molecule has 0 fully saturated rings. The number of nitrogens with one attached hydrogen (secondary N) is 1. The van der Waals surface area contributed by atoms with Crippen LogP contribution in [0, 0.1) is 10.1 Å². The van der Waals surface area contributed by atoms with E-state index < -0.39 is 28.8 Å². The number of aliphatic hydroxyl groups is 1. The summed E-state index contributed by atoms with van der Waals surface area (Å²) >= 11 is 0. The second-order valence-electron chi connectivity index (χ2n) is 7.54. The maximum Gasteiger partial charge on any atom is 0.423 e. The highest BCUT2D eigenvalue weighted by molar-refractivity contribution is 5.87. The topological polar surface area (TPSA) is 93.2 Å². The Morgan fingerprint density at radius 2 is 1.79 bits per heavy atom. The average Bonchev–Trinajstić information content (AvgIpc) is 3.16. The number of anilines is 1. The van der Waals surface area contributed by atoms with E-state index >= 15 is 0 Å². The molecule has 33 heavy (non-hydrogen) atoms. The normalized spacial score (nSPS) is 13.6. The molecule has 0 aliphatic heterocycles. The van der Waals surface area contributed by atoms with E-state index in [4.69, 9.17) is 0 Å². The SMILES string of the molecule is O=[N+]([O-])c1ccc2c(C(O)(CNc3ccccn3)C(F)(F)F)cn(Cc3ccccc3)c2c1. The third-order valence-electron chi connectivity index (χ3n) is 5.38. The van der Waals surface area contributed by atoms with Gasteiger partial charge in [-0.3, -0.25) is 10.1 Å². The fourth-order valence-electron chi connectivity index (χ4n) is 3.67. The van der Waals surface area contributed by atoms with Crippen molar-refractivity contribution in [2.45, 2.75) is 18.3 Å². The number of non-ortho nitro benzene ring substituents is 1. The first kappa shape index (κ1) is 22.3. The van der Waals surface area contributed by atoms with Gasteiger partial charge in [0.15, 0.2) is 0 Å². The van der Waals surface area contributed by atoms with Crippen LogP contribution in [0.1, 0.15) is 11.1 Å². The van der Waals surface area contributed by atoms with Crippen LogP contribution < -0.4 is 5.32 Å². The Kier molecular flexibility index (Phi) is 5.77. The zero-order chi connectivity index (χ0) is 23.6. The number of benzene rings is 2. The maximum atomic E-state index is 14.2. The number of halogens is 3. The number of fused-ring (bicyclic) bond motifs is 1. The van der Waals surface area contributed by atoms with E-state index in [0.717, 1.165) is 11.6 Å². The number of aromatic nitrogens is 2. The van der Waals surface area contributed by atoms with E-state index in [0.29, 0.717) is 0 Å². The summed E-state index contributed by atoms with van der Waals surface area (Å²) in [4.78, 5) is 14.6. The molecule has 2 aromatic carbocycles. The van der Waals surface area contributed by atoms with Gasteiger partial charge in [0.2, 0.25) is 5.60 Å². The van der Waals surface area contributed by atoms with E-state index in [1.165, 1.54) is 35.2 Å². The highest BCUT2D eigenvalue weighted by Gasteiger charge is 2.56. The standard InChI is InChI=1S/C23H19F3N4O3/c24-23(25,26)22(31,15-28-21-8-4-5-11-27-21)19-14-29(13-16-6-2-1-3-7-16)20-12-17(30(32)33)9-10-18(19)20/h1-12,14,31H,13,15H2,(H,27,28). The van der Waals surface area contributed by atoms with Crippen LogP contribution in [0.5, 0.6) is 0 Å². The van der Waals surface area contributed by atoms with Crippen molar-refractivity contribution < 1.29 is 23.2 Å². The Hall–Kier alpha value is -3.92. The van der Waals surface area contributed by atoms with Crippen LogP contribution in [0.25, 0.3) is 10.9 Å². The lowest BCUT2D eigenvalue weighted by Gasteiger charge is -2.30. The van der Waals surface area contributed by atoms with Crippen LogP contribution in [-0.4, -0.2) is 32.3 Å². The molecule has 10 heteroatoms. The molecule has 1 atom stereocenters. The van der Waals surface area contributed by atoms with Gasteiger partial charge in [0, 0.05) is 42.0 Å². The van der Waals surface area contributed by atoms with Gasteiger partial charge in [-0.05, 0) is 23.8 Å². The molecule has 4 aromatic rings. The molecule has 2 aromatic heterocycles. The molecule has 0 aliphatic carbocycles. The van der Waals surface area contributed by atoms with Crippen molar-refractivity contribution in [3.8, 4) is 0 Å². The predicted octanol–water partition coefficient (Wildman–Crippen LogP) is 4.85. The van der Waals surface area contributed by atoms with Crippen LogP contribution in [-0.2, 0) is 12.1 Å². The van der Waals surface area contributed by atoms with Gasteiger partial charge in [-0.1, -0.05) is 36.4 Å². The summed E-state index contributed by atoms with van der Waals surface area (Å²) in [6, 6.07) is 17.2. The van der Waals surface area contributed by atoms with Gasteiger partial charge in [-0.15, -0.1) is 0 Å². The molecule has 4 rings (SSSR count). The van der Waals surface area contributed by atoms with Gasteiger partial charge in [-0.25, -0.2) is 4.98 Å². The van der Waals surface area contributed by atoms with Gasteiger partial charge in [0.05, 0.1) is 17.0 Å². The van der Waals surface area contributed by atoms with Crippen LogP contribution >= 0.6 is 0 Å². The molecule has 170 valence electrons. The second-order valence-corrected chi connectivity index (χ2v) is 7.54. The molecule has 0 amide bonds. The summed E-state index contributed by atoms with van der Waals surface area (Å²) in [7, 11) is 0. The van der Waals surface area contributed by atoms with Gasteiger partial charge in [-0.2, -0.15) is 13.2 Å². The van der Waals surface area contributed by atoms with E-state index in [-0.39, 0.29) is 29.0 Å². The summed E-state index contributed by atoms with van der Waals surface area (Å²) in [5, 5.41) is 24.9. The molecule has 0 radical (unpaired) electrons. The molecule has 7 nitrogen and oxygen atoms in total. The fourth-order valence-corrected chi connectivity index (χ4v) is 3.67. The van der Waals surface area contributed by atoms with E-state index in [1.807, 2.05) is 0 Å². The van der Waals surface area contributed by atoms with Crippen molar-refractivity contribution in [3.05, 3.63) is 100 Å². The fraction of sp³-hybridized carbons (Fsp3) is 0.174. The predicted molar refractivity (Wildman–Crippen MR) is 117 cm³/mol. The van der Waals surface area contributed by atoms with Gasteiger partial charge in [0.1, 0.15) is 5.82 Å². The van der Waals surface area contributed by atoms with Crippen molar-refractivity contribution >= 4 is 22.4 Å². The first-order valence-electron chi connectivity index (χ1n) is 9.95.